The van der Waals surface area contributed by atoms with Crippen LogP contribution in [0.3, 0.4) is 0 Å². The number of carbonyl (C=O) groups is 2. The minimum Gasteiger partial charge on any atom is -0.367 e. The van der Waals surface area contributed by atoms with Crippen LogP contribution in [0.1, 0.15) is 35.2 Å². The number of benzene rings is 1. The van der Waals surface area contributed by atoms with Crippen LogP contribution in [0, 0.1) is 12.7 Å². The maximum absolute atomic E-state index is 13.6. The molecule has 0 aromatic heterocycles. The molecule has 1 spiro atoms. The molecular formula is C16H18FNO3. The number of nitrogens with zero attached hydrogens (tertiary/aromatic N) is 1. The van der Waals surface area contributed by atoms with Crippen molar-refractivity contribution in [2.75, 3.05) is 19.7 Å². The molecule has 0 N–H and O–H groups in total. The molecule has 1 amide bonds. The van der Waals surface area contributed by atoms with Gasteiger partial charge in [0.25, 0.3) is 5.91 Å². The van der Waals surface area contributed by atoms with Crippen molar-refractivity contribution in [1.82, 2.24) is 4.90 Å². The van der Waals surface area contributed by atoms with Crippen LogP contribution in [0.4, 0.5) is 4.39 Å². The third-order valence-electron chi connectivity index (χ3n) is 4.44. The molecule has 0 unspecified atom stereocenters. The van der Waals surface area contributed by atoms with E-state index in [0.717, 1.165) is 12.8 Å². The monoisotopic (exact) mass is 291 g/mol. The van der Waals surface area contributed by atoms with E-state index in [4.69, 9.17) is 4.74 Å². The average Bonchev–Trinajstić information content (AvgIpc) is 2.94. The van der Waals surface area contributed by atoms with Crippen LogP contribution in [0.25, 0.3) is 0 Å². The van der Waals surface area contributed by atoms with Crippen molar-refractivity contribution in [3.63, 3.8) is 0 Å². The second-order valence-electron chi connectivity index (χ2n) is 5.81. The standard InChI is InChI=1S/C16H18FNO3/c1-11-3-4-12(9-13(11)17)15(20)18-7-6-16(14(19)10-18)5-2-8-21-16/h3-4,9H,2,5-8,10H2,1H3/t16-/m0/s1. The Hall–Kier alpha value is -1.75. The van der Waals surface area contributed by atoms with Crippen LogP contribution < -0.4 is 0 Å². The molecule has 112 valence electrons. The van der Waals surface area contributed by atoms with Gasteiger partial charge in [0.05, 0.1) is 6.54 Å². The van der Waals surface area contributed by atoms with E-state index in [0.29, 0.717) is 25.1 Å². The van der Waals surface area contributed by atoms with Crippen LogP contribution in [0.15, 0.2) is 18.2 Å². The normalized spacial score (nSPS) is 25.6. The zero-order valence-corrected chi connectivity index (χ0v) is 12.0. The number of ether oxygens (including phenoxy) is 1. The number of piperidine rings is 1. The van der Waals surface area contributed by atoms with Gasteiger partial charge in [-0.3, -0.25) is 9.59 Å². The van der Waals surface area contributed by atoms with Crippen molar-refractivity contribution >= 4 is 11.7 Å². The number of halogens is 1. The van der Waals surface area contributed by atoms with Gasteiger partial charge in [-0.15, -0.1) is 0 Å². The number of Topliss-reactive ketones (excluding diaryl/α,β-unsaturated/α-hetero) is 1. The first kappa shape index (κ1) is 14.2. The molecule has 0 bridgehead atoms. The van der Waals surface area contributed by atoms with Gasteiger partial charge in [-0.05, 0) is 37.5 Å². The summed E-state index contributed by atoms with van der Waals surface area (Å²) in [4.78, 5) is 26.2. The number of aryl methyl sites for hydroxylation is 1. The molecule has 3 rings (SSSR count). The van der Waals surface area contributed by atoms with Gasteiger partial charge in [0.2, 0.25) is 0 Å². The third-order valence-corrected chi connectivity index (χ3v) is 4.44. The van der Waals surface area contributed by atoms with E-state index in [1.807, 2.05) is 0 Å². The Morgan fingerprint density at radius 1 is 1.38 bits per heavy atom. The lowest BCUT2D eigenvalue weighted by atomic mass is 9.87. The van der Waals surface area contributed by atoms with E-state index in [1.165, 1.54) is 11.0 Å². The highest BCUT2D eigenvalue weighted by Gasteiger charge is 2.46. The van der Waals surface area contributed by atoms with Crippen LogP contribution >= 0.6 is 0 Å². The summed E-state index contributed by atoms with van der Waals surface area (Å²) in [5.41, 5.74) is 0.115. The van der Waals surface area contributed by atoms with Gasteiger partial charge in [-0.1, -0.05) is 6.07 Å². The highest BCUT2D eigenvalue weighted by molar-refractivity contribution is 5.99. The second-order valence-corrected chi connectivity index (χ2v) is 5.81. The van der Waals surface area contributed by atoms with Crippen molar-refractivity contribution in [2.24, 2.45) is 0 Å². The fourth-order valence-electron chi connectivity index (χ4n) is 3.05. The first-order valence-corrected chi connectivity index (χ1v) is 7.24. The van der Waals surface area contributed by atoms with E-state index in [2.05, 4.69) is 0 Å². The summed E-state index contributed by atoms with van der Waals surface area (Å²) in [6, 6.07) is 4.41. The Balaban J connectivity index is 1.75. The van der Waals surface area contributed by atoms with Crippen molar-refractivity contribution in [2.45, 2.75) is 31.8 Å². The molecule has 1 aromatic carbocycles. The summed E-state index contributed by atoms with van der Waals surface area (Å²) >= 11 is 0. The molecule has 2 heterocycles. The number of amides is 1. The Morgan fingerprint density at radius 2 is 2.19 bits per heavy atom. The van der Waals surface area contributed by atoms with Crippen molar-refractivity contribution in [3.8, 4) is 0 Å². The molecule has 0 radical (unpaired) electrons. The summed E-state index contributed by atoms with van der Waals surface area (Å²) in [6.45, 7) is 2.78. The number of hydrogen-bond donors (Lipinski definition) is 0. The van der Waals surface area contributed by atoms with Gasteiger partial charge >= 0.3 is 0 Å². The van der Waals surface area contributed by atoms with E-state index in [9.17, 15) is 14.0 Å². The van der Waals surface area contributed by atoms with Crippen LogP contribution in [-0.2, 0) is 9.53 Å². The number of rotatable bonds is 1. The summed E-state index contributed by atoms with van der Waals surface area (Å²) in [7, 11) is 0. The number of likely N-dealkylation sites (tertiary alicyclic amines) is 1. The summed E-state index contributed by atoms with van der Waals surface area (Å²) in [6.07, 6.45) is 2.17. The molecule has 0 saturated carbocycles. The minimum absolute atomic E-state index is 0.0350. The Bertz CT molecular complexity index is 593. The molecule has 5 heteroatoms. The summed E-state index contributed by atoms with van der Waals surface area (Å²) in [5, 5.41) is 0. The Kier molecular flexibility index (Phi) is 3.53. The van der Waals surface area contributed by atoms with E-state index in [1.54, 1.807) is 19.1 Å². The van der Waals surface area contributed by atoms with Crippen molar-refractivity contribution in [1.29, 1.82) is 0 Å². The average molecular weight is 291 g/mol. The van der Waals surface area contributed by atoms with Gasteiger partial charge in [0.15, 0.2) is 5.78 Å². The molecule has 2 aliphatic rings. The Labute approximate surface area is 122 Å². The van der Waals surface area contributed by atoms with E-state index in [-0.39, 0.29) is 23.8 Å². The molecule has 21 heavy (non-hydrogen) atoms. The molecular weight excluding hydrogens is 273 g/mol. The van der Waals surface area contributed by atoms with Crippen LogP contribution in [0.5, 0.6) is 0 Å². The lowest BCUT2D eigenvalue weighted by molar-refractivity contribution is -0.144. The maximum Gasteiger partial charge on any atom is 0.254 e. The molecule has 2 aliphatic heterocycles. The molecule has 2 saturated heterocycles. The van der Waals surface area contributed by atoms with Crippen molar-refractivity contribution < 1.29 is 18.7 Å². The number of ketones is 1. The minimum atomic E-state index is -0.671. The second kappa shape index (κ2) is 5.22. The molecule has 1 atom stereocenters. The third kappa shape index (κ3) is 2.46. The highest BCUT2D eigenvalue weighted by Crippen LogP contribution is 2.33. The quantitative estimate of drug-likeness (QED) is 0.796. The number of hydrogen-bond acceptors (Lipinski definition) is 3. The topological polar surface area (TPSA) is 46.6 Å². The fraction of sp³-hybridized carbons (Fsp3) is 0.500. The van der Waals surface area contributed by atoms with Gasteiger partial charge in [-0.25, -0.2) is 4.39 Å². The van der Waals surface area contributed by atoms with Crippen molar-refractivity contribution in [3.05, 3.63) is 35.1 Å². The van der Waals surface area contributed by atoms with Crippen LogP contribution in [0.2, 0.25) is 0 Å². The summed E-state index contributed by atoms with van der Waals surface area (Å²) < 4.78 is 19.2. The van der Waals surface area contributed by atoms with E-state index >= 15 is 0 Å². The van der Waals surface area contributed by atoms with Gasteiger partial charge in [-0.2, -0.15) is 0 Å². The highest BCUT2D eigenvalue weighted by atomic mass is 19.1. The predicted molar refractivity (Wildman–Crippen MR) is 74.6 cm³/mol. The smallest absolute Gasteiger partial charge is 0.254 e. The molecule has 2 fully saturated rings. The largest absolute Gasteiger partial charge is 0.367 e. The zero-order chi connectivity index (χ0) is 15.0. The van der Waals surface area contributed by atoms with E-state index < -0.39 is 11.4 Å². The summed E-state index contributed by atoms with van der Waals surface area (Å²) in [5.74, 6) is -0.734. The molecule has 4 nitrogen and oxygen atoms in total. The van der Waals surface area contributed by atoms with Crippen LogP contribution in [-0.4, -0.2) is 41.9 Å². The molecule has 1 aromatic rings. The van der Waals surface area contributed by atoms with Gasteiger partial charge < -0.3 is 9.64 Å². The zero-order valence-electron chi connectivity index (χ0n) is 12.0. The van der Waals surface area contributed by atoms with Gasteiger partial charge in [0, 0.05) is 25.1 Å². The maximum atomic E-state index is 13.6. The first-order chi connectivity index (χ1) is 10.0. The lowest BCUT2D eigenvalue weighted by Gasteiger charge is -2.37. The first-order valence-electron chi connectivity index (χ1n) is 7.24. The van der Waals surface area contributed by atoms with Gasteiger partial charge in [0.1, 0.15) is 11.4 Å². The lowest BCUT2D eigenvalue weighted by Crippen LogP contribution is -2.53. The molecule has 0 aliphatic carbocycles. The Morgan fingerprint density at radius 3 is 2.81 bits per heavy atom. The SMILES string of the molecule is Cc1ccc(C(=O)N2CC[C@@]3(CCCO3)C(=O)C2)cc1F. The fourth-order valence-corrected chi connectivity index (χ4v) is 3.05. The number of carbonyl (C=O) groups excluding carboxylic acids is 2. The predicted octanol–water partition coefficient (Wildman–Crippen LogP) is 2.10.